The molecule has 72 valence electrons. The molecule has 1 atom stereocenters. The van der Waals surface area contributed by atoms with Gasteiger partial charge in [-0.3, -0.25) is 4.79 Å². The Hall–Kier alpha value is -0.960. The van der Waals surface area contributed by atoms with Crippen molar-refractivity contribution in [2.75, 3.05) is 5.88 Å². The van der Waals surface area contributed by atoms with E-state index in [1.54, 1.807) is 12.3 Å². The van der Waals surface area contributed by atoms with Crippen molar-refractivity contribution in [2.45, 2.75) is 19.4 Å². The molecule has 1 aromatic rings. The molecule has 0 aromatic carbocycles. The molecule has 0 spiro atoms. The largest absolute Gasteiger partial charge is 0.467 e. The van der Waals surface area contributed by atoms with E-state index in [4.69, 9.17) is 16.0 Å². The maximum atomic E-state index is 11.1. The molecule has 0 bridgehead atoms. The first kappa shape index (κ1) is 10.1. The molecule has 0 fully saturated rings. The Morgan fingerprint density at radius 3 is 3.08 bits per heavy atom. The summed E-state index contributed by atoms with van der Waals surface area (Å²) in [6, 6.07) is 3.52. The molecule has 13 heavy (non-hydrogen) atoms. The Labute approximate surface area is 82.1 Å². The minimum Gasteiger partial charge on any atom is -0.467 e. The molecule has 1 unspecified atom stereocenters. The van der Waals surface area contributed by atoms with Crippen molar-refractivity contribution in [3.05, 3.63) is 24.2 Å². The van der Waals surface area contributed by atoms with E-state index in [0.29, 0.717) is 12.3 Å². The fraction of sp³-hybridized carbons (Fsp3) is 0.444. The van der Waals surface area contributed by atoms with Gasteiger partial charge in [-0.25, -0.2) is 0 Å². The SMILES string of the molecule is CC(NC(=O)CCCl)c1ccco1. The van der Waals surface area contributed by atoms with Crippen LogP contribution in [0.5, 0.6) is 0 Å². The molecular weight excluding hydrogens is 190 g/mol. The number of furan rings is 1. The number of hydrogen-bond acceptors (Lipinski definition) is 2. The number of carbonyl (C=O) groups is 1. The van der Waals surface area contributed by atoms with Crippen LogP contribution in [0.1, 0.15) is 25.1 Å². The summed E-state index contributed by atoms with van der Waals surface area (Å²) in [5.74, 6) is 1.04. The van der Waals surface area contributed by atoms with Crippen LogP contribution in [0.4, 0.5) is 0 Å². The number of alkyl halides is 1. The van der Waals surface area contributed by atoms with Gasteiger partial charge in [0.15, 0.2) is 0 Å². The van der Waals surface area contributed by atoms with Gasteiger partial charge in [0, 0.05) is 12.3 Å². The third-order valence-electron chi connectivity index (χ3n) is 1.67. The van der Waals surface area contributed by atoms with E-state index in [1.165, 1.54) is 0 Å². The summed E-state index contributed by atoms with van der Waals surface area (Å²) in [5.41, 5.74) is 0. The van der Waals surface area contributed by atoms with E-state index in [9.17, 15) is 4.79 Å². The van der Waals surface area contributed by atoms with Gasteiger partial charge in [0.05, 0.1) is 12.3 Å². The molecule has 3 nitrogen and oxygen atoms in total. The lowest BCUT2D eigenvalue weighted by Gasteiger charge is -2.10. The predicted molar refractivity (Wildman–Crippen MR) is 50.6 cm³/mol. The molecule has 4 heteroatoms. The fourth-order valence-electron chi connectivity index (χ4n) is 1.01. The molecule has 0 aliphatic heterocycles. The van der Waals surface area contributed by atoms with Gasteiger partial charge in [0.1, 0.15) is 5.76 Å². The third kappa shape index (κ3) is 3.11. The van der Waals surface area contributed by atoms with Crippen LogP contribution in [-0.2, 0) is 4.79 Å². The van der Waals surface area contributed by atoms with Crippen LogP contribution in [0.15, 0.2) is 22.8 Å². The van der Waals surface area contributed by atoms with E-state index >= 15 is 0 Å². The van der Waals surface area contributed by atoms with Crippen LogP contribution in [0, 0.1) is 0 Å². The lowest BCUT2D eigenvalue weighted by molar-refractivity contribution is -0.121. The molecule has 0 saturated carbocycles. The van der Waals surface area contributed by atoms with E-state index in [0.717, 1.165) is 5.76 Å². The second kappa shape index (κ2) is 4.92. The van der Waals surface area contributed by atoms with Gasteiger partial charge in [0.2, 0.25) is 5.91 Å². The lowest BCUT2D eigenvalue weighted by Crippen LogP contribution is -2.26. The van der Waals surface area contributed by atoms with Gasteiger partial charge in [-0.2, -0.15) is 0 Å². The molecule has 0 aliphatic rings. The van der Waals surface area contributed by atoms with Crippen molar-refractivity contribution < 1.29 is 9.21 Å². The maximum absolute atomic E-state index is 11.1. The number of amides is 1. The summed E-state index contributed by atoms with van der Waals surface area (Å²) in [7, 11) is 0. The van der Waals surface area contributed by atoms with Crippen molar-refractivity contribution in [3.63, 3.8) is 0 Å². The highest BCUT2D eigenvalue weighted by atomic mass is 35.5. The zero-order valence-electron chi connectivity index (χ0n) is 7.42. The third-order valence-corrected chi connectivity index (χ3v) is 1.86. The van der Waals surface area contributed by atoms with Crippen LogP contribution < -0.4 is 5.32 Å². The summed E-state index contributed by atoms with van der Waals surface area (Å²) >= 11 is 5.42. The van der Waals surface area contributed by atoms with Crippen LogP contribution in [0.2, 0.25) is 0 Å². The number of carbonyl (C=O) groups excluding carboxylic acids is 1. The molecule has 1 rings (SSSR count). The van der Waals surface area contributed by atoms with E-state index < -0.39 is 0 Å². The summed E-state index contributed by atoms with van der Waals surface area (Å²) in [4.78, 5) is 11.1. The fourth-order valence-corrected chi connectivity index (χ4v) is 1.18. The van der Waals surface area contributed by atoms with E-state index in [-0.39, 0.29) is 11.9 Å². The first-order valence-corrected chi connectivity index (χ1v) is 4.66. The zero-order chi connectivity index (χ0) is 9.68. The van der Waals surface area contributed by atoms with Crippen LogP contribution >= 0.6 is 11.6 Å². The molecule has 1 aromatic heterocycles. The maximum Gasteiger partial charge on any atom is 0.221 e. The first-order valence-electron chi connectivity index (χ1n) is 4.12. The zero-order valence-corrected chi connectivity index (χ0v) is 8.17. The Balaban J connectivity index is 2.42. The Morgan fingerprint density at radius 2 is 2.54 bits per heavy atom. The smallest absolute Gasteiger partial charge is 0.221 e. The number of rotatable bonds is 4. The van der Waals surface area contributed by atoms with Crippen molar-refractivity contribution >= 4 is 17.5 Å². The molecule has 1 amide bonds. The first-order chi connectivity index (χ1) is 6.24. The van der Waals surface area contributed by atoms with Crippen LogP contribution in [0.25, 0.3) is 0 Å². The Morgan fingerprint density at radius 1 is 1.77 bits per heavy atom. The average Bonchev–Trinajstić information content (AvgIpc) is 2.55. The molecule has 1 N–H and O–H groups in total. The number of nitrogens with one attached hydrogen (secondary N) is 1. The van der Waals surface area contributed by atoms with E-state index in [1.807, 2.05) is 13.0 Å². The highest BCUT2D eigenvalue weighted by Gasteiger charge is 2.10. The normalized spacial score (nSPS) is 12.5. The molecule has 0 saturated heterocycles. The summed E-state index contributed by atoms with van der Waals surface area (Å²) < 4.78 is 5.13. The molecule has 1 heterocycles. The average molecular weight is 202 g/mol. The number of hydrogen-bond donors (Lipinski definition) is 1. The Bertz CT molecular complexity index is 259. The van der Waals surface area contributed by atoms with Crippen molar-refractivity contribution in [2.24, 2.45) is 0 Å². The van der Waals surface area contributed by atoms with Crippen molar-refractivity contribution in [1.29, 1.82) is 0 Å². The van der Waals surface area contributed by atoms with Crippen LogP contribution in [-0.4, -0.2) is 11.8 Å². The Kier molecular flexibility index (Phi) is 3.83. The van der Waals surface area contributed by atoms with E-state index in [2.05, 4.69) is 5.32 Å². The second-order valence-electron chi connectivity index (χ2n) is 2.74. The molecule has 0 aliphatic carbocycles. The van der Waals surface area contributed by atoms with Crippen molar-refractivity contribution in [1.82, 2.24) is 5.32 Å². The highest BCUT2D eigenvalue weighted by molar-refractivity contribution is 6.18. The minimum atomic E-state index is -0.0919. The van der Waals surface area contributed by atoms with Gasteiger partial charge in [-0.15, -0.1) is 11.6 Å². The topological polar surface area (TPSA) is 42.2 Å². The molecular formula is C9H12ClNO2. The molecule has 0 radical (unpaired) electrons. The quantitative estimate of drug-likeness (QED) is 0.758. The standard InChI is InChI=1S/C9H12ClNO2/c1-7(8-3-2-6-13-8)11-9(12)4-5-10/h2-3,6-7H,4-5H2,1H3,(H,11,12). The summed E-state index contributed by atoms with van der Waals surface area (Å²) in [6.07, 6.45) is 1.92. The second-order valence-corrected chi connectivity index (χ2v) is 3.12. The highest BCUT2D eigenvalue weighted by Crippen LogP contribution is 2.11. The van der Waals surface area contributed by atoms with Gasteiger partial charge in [-0.05, 0) is 19.1 Å². The van der Waals surface area contributed by atoms with Gasteiger partial charge >= 0.3 is 0 Å². The van der Waals surface area contributed by atoms with Gasteiger partial charge < -0.3 is 9.73 Å². The lowest BCUT2D eigenvalue weighted by atomic mass is 10.2. The summed E-state index contributed by atoms with van der Waals surface area (Å²) in [5, 5.41) is 2.77. The predicted octanol–water partition coefficient (Wildman–Crippen LogP) is 2.09. The number of halogens is 1. The minimum absolute atomic E-state index is 0.0566. The van der Waals surface area contributed by atoms with Gasteiger partial charge in [-0.1, -0.05) is 0 Å². The van der Waals surface area contributed by atoms with Crippen molar-refractivity contribution in [3.8, 4) is 0 Å². The summed E-state index contributed by atoms with van der Waals surface area (Å²) in [6.45, 7) is 1.87. The monoisotopic (exact) mass is 201 g/mol. The van der Waals surface area contributed by atoms with Crippen LogP contribution in [0.3, 0.4) is 0 Å². The van der Waals surface area contributed by atoms with Gasteiger partial charge in [0.25, 0.3) is 0 Å².